The predicted octanol–water partition coefficient (Wildman–Crippen LogP) is 4.63. The first-order valence-corrected chi connectivity index (χ1v) is 9.44. The summed E-state index contributed by atoms with van der Waals surface area (Å²) in [6.45, 7) is 9.40. The Hall–Kier alpha value is -2.39. The Labute approximate surface area is 163 Å². The third-order valence-corrected chi connectivity index (χ3v) is 4.73. The van der Waals surface area contributed by atoms with E-state index in [1.807, 2.05) is 32.9 Å². The zero-order valence-electron chi connectivity index (χ0n) is 15.6. The Balaban J connectivity index is 2.39. The lowest BCUT2D eigenvalue weighted by atomic mass is 10.1. The highest BCUT2D eigenvalue weighted by Crippen LogP contribution is 2.21. The van der Waals surface area contributed by atoms with Gasteiger partial charge in [-0.2, -0.15) is 5.26 Å². The number of carbonyl (C=O) groups excluding carboxylic acids is 1. The van der Waals surface area contributed by atoms with Crippen LogP contribution >= 0.6 is 15.9 Å². The van der Waals surface area contributed by atoms with Crippen molar-refractivity contribution < 1.29 is 4.79 Å². The lowest BCUT2D eigenvalue weighted by Crippen LogP contribution is -2.32. The van der Waals surface area contributed by atoms with Gasteiger partial charge in [-0.3, -0.25) is 9.69 Å². The summed E-state index contributed by atoms with van der Waals surface area (Å²) >= 11 is 3.34. The van der Waals surface area contributed by atoms with Crippen molar-refractivity contribution >= 4 is 33.7 Å². The zero-order valence-corrected chi connectivity index (χ0v) is 17.2. The van der Waals surface area contributed by atoms with E-state index in [1.54, 1.807) is 18.3 Å². The zero-order chi connectivity index (χ0) is 19.3. The second-order valence-corrected chi connectivity index (χ2v) is 6.95. The number of rotatable bonds is 6. The molecule has 1 amide bonds. The van der Waals surface area contributed by atoms with E-state index in [2.05, 4.69) is 38.5 Å². The van der Waals surface area contributed by atoms with Crippen molar-refractivity contribution in [3.8, 4) is 6.07 Å². The van der Waals surface area contributed by atoms with Crippen LogP contribution in [0.1, 0.15) is 37.2 Å². The first-order chi connectivity index (χ1) is 12.4. The van der Waals surface area contributed by atoms with Gasteiger partial charge in [0.15, 0.2) is 0 Å². The van der Waals surface area contributed by atoms with Crippen molar-refractivity contribution in [1.82, 2.24) is 9.55 Å². The van der Waals surface area contributed by atoms with Gasteiger partial charge < -0.3 is 4.57 Å². The highest BCUT2D eigenvalue weighted by molar-refractivity contribution is 9.10. The minimum atomic E-state index is -0.342. The number of aryl methyl sites for hydroxylation is 1. The van der Waals surface area contributed by atoms with Gasteiger partial charge in [-0.1, -0.05) is 6.92 Å². The van der Waals surface area contributed by atoms with E-state index in [-0.39, 0.29) is 11.5 Å². The highest BCUT2D eigenvalue weighted by Gasteiger charge is 2.20. The second-order valence-electron chi connectivity index (χ2n) is 6.03. The van der Waals surface area contributed by atoms with E-state index < -0.39 is 0 Å². The summed E-state index contributed by atoms with van der Waals surface area (Å²) in [6, 6.07) is 7.66. The van der Waals surface area contributed by atoms with E-state index >= 15 is 0 Å². The standard InChI is InChI=1S/C20H23BrN4O/c1-5-9-25-14(3)10-16(15(25)4)11-17(12-22)20(26)24(6-2)19-8-7-18(21)13-23-19/h7-8,10-11,13H,5-6,9H2,1-4H3/b17-11-. The molecule has 0 fully saturated rings. The maximum Gasteiger partial charge on any atom is 0.270 e. The molecule has 0 atom stereocenters. The fraction of sp³-hybridized carbons (Fsp3) is 0.350. The average molecular weight is 415 g/mol. The summed E-state index contributed by atoms with van der Waals surface area (Å²) < 4.78 is 3.04. The number of halogens is 1. The van der Waals surface area contributed by atoms with Crippen molar-refractivity contribution in [3.05, 3.63) is 51.4 Å². The molecule has 6 heteroatoms. The number of aromatic nitrogens is 2. The van der Waals surface area contributed by atoms with Crippen LogP contribution in [0.25, 0.3) is 6.08 Å². The number of pyridine rings is 1. The van der Waals surface area contributed by atoms with Crippen LogP contribution in [0.5, 0.6) is 0 Å². The van der Waals surface area contributed by atoms with Crippen LogP contribution in [0.4, 0.5) is 5.82 Å². The molecule has 2 aromatic rings. The van der Waals surface area contributed by atoms with Crippen LogP contribution < -0.4 is 4.90 Å². The van der Waals surface area contributed by atoms with Crippen molar-refractivity contribution in [1.29, 1.82) is 5.26 Å². The summed E-state index contributed by atoms with van der Waals surface area (Å²) in [7, 11) is 0. The molecule has 0 bridgehead atoms. The average Bonchev–Trinajstić information content (AvgIpc) is 2.89. The van der Waals surface area contributed by atoms with Crippen molar-refractivity contribution in [2.24, 2.45) is 0 Å². The Morgan fingerprint density at radius 3 is 2.65 bits per heavy atom. The third kappa shape index (κ3) is 4.23. The molecule has 2 aromatic heterocycles. The molecule has 0 saturated heterocycles. The quantitative estimate of drug-likeness (QED) is 0.511. The lowest BCUT2D eigenvalue weighted by Gasteiger charge is -2.19. The third-order valence-electron chi connectivity index (χ3n) is 4.26. The number of nitrogens with zero attached hydrogens (tertiary/aromatic N) is 4. The Morgan fingerprint density at radius 2 is 2.12 bits per heavy atom. The van der Waals surface area contributed by atoms with Gasteiger partial charge in [0.25, 0.3) is 5.91 Å². The number of nitriles is 1. The van der Waals surface area contributed by atoms with E-state index in [0.29, 0.717) is 12.4 Å². The van der Waals surface area contributed by atoms with Crippen LogP contribution in [0.2, 0.25) is 0 Å². The second kappa shape index (κ2) is 8.81. The van der Waals surface area contributed by atoms with E-state index in [1.165, 1.54) is 4.90 Å². The van der Waals surface area contributed by atoms with Crippen LogP contribution in [0.3, 0.4) is 0 Å². The highest BCUT2D eigenvalue weighted by atomic mass is 79.9. The first-order valence-electron chi connectivity index (χ1n) is 8.64. The fourth-order valence-electron chi connectivity index (χ4n) is 2.92. The summed E-state index contributed by atoms with van der Waals surface area (Å²) in [4.78, 5) is 18.7. The molecule has 26 heavy (non-hydrogen) atoms. The number of hydrogen-bond acceptors (Lipinski definition) is 3. The van der Waals surface area contributed by atoms with E-state index in [9.17, 15) is 10.1 Å². The van der Waals surface area contributed by atoms with Crippen molar-refractivity contribution in [2.75, 3.05) is 11.4 Å². The van der Waals surface area contributed by atoms with Gasteiger partial charge in [-0.25, -0.2) is 4.98 Å². The molecule has 0 unspecified atom stereocenters. The molecule has 2 heterocycles. The summed E-state index contributed by atoms with van der Waals surface area (Å²) in [5.74, 6) is 0.184. The van der Waals surface area contributed by atoms with Gasteiger partial charge in [0, 0.05) is 35.1 Å². The van der Waals surface area contributed by atoms with E-state index in [0.717, 1.165) is 34.4 Å². The molecule has 0 saturated carbocycles. The molecule has 136 valence electrons. The van der Waals surface area contributed by atoms with Gasteiger partial charge in [-0.15, -0.1) is 0 Å². The number of amides is 1. The summed E-state index contributed by atoms with van der Waals surface area (Å²) in [5.41, 5.74) is 3.20. The Morgan fingerprint density at radius 1 is 1.38 bits per heavy atom. The maximum absolute atomic E-state index is 12.9. The molecule has 0 aromatic carbocycles. The largest absolute Gasteiger partial charge is 0.349 e. The topological polar surface area (TPSA) is 61.9 Å². The van der Waals surface area contributed by atoms with Crippen LogP contribution in [0, 0.1) is 25.2 Å². The van der Waals surface area contributed by atoms with Crippen molar-refractivity contribution in [2.45, 2.75) is 40.7 Å². The minimum Gasteiger partial charge on any atom is -0.349 e. The molecule has 0 radical (unpaired) electrons. The van der Waals surface area contributed by atoms with Crippen LogP contribution in [-0.4, -0.2) is 22.0 Å². The Kier molecular flexibility index (Phi) is 6.76. The summed E-state index contributed by atoms with van der Waals surface area (Å²) in [5, 5.41) is 9.56. The van der Waals surface area contributed by atoms with Gasteiger partial charge in [0.1, 0.15) is 17.5 Å². The van der Waals surface area contributed by atoms with Gasteiger partial charge in [-0.05, 0) is 73.0 Å². The molecular formula is C20H23BrN4O. The molecule has 2 rings (SSSR count). The minimum absolute atomic E-state index is 0.105. The monoisotopic (exact) mass is 414 g/mol. The first kappa shape index (κ1) is 19.9. The van der Waals surface area contributed by atoms with E-state index in [4.69, 9.17) is 0 Å². The lowest BCUT2D eigenvalue weighted by molar-refractivity contribution is -0.114. The molecule has 0 aliphatic carbocycles. The maximum atomic E-state index is 12.9. The van der Waals surface area contributed by atoms with Gasteiger partial charge >= 0.3 is 0 Å². The van der Waals surface area contributed by atoms with Gasteiger partial charge in [0.05, 0.1) is 0 Å². The van der Waals surface area contributed by atoms with Crippen LogP contribution in [0.15, 0.2) is 34.4 Å². The molecule has 0 spiro atoms. The normalized spacial score (nSPS) is 11.3. The molecule has 0 aliphatic rings. The predicted molar refractivity (Wildman–Crippen MR) is 108 cm³/mol. The molecule has 0 N–H and O–H groups in total. The summed E-state index contributed by atoms with van der Waals surface area (Å²) in [6.07, 6.45) is 4.35. The molecule has 5 nitrogen and oxygen atoms in total. The molecule has 0 aliphatic heterocycles. The smallest absolute Gasteiger partial charge is 0.270 e. The number of likely N-dealkylation sites (N-methyl/N-ethyl adjacent to an activating group) is 1. The number of hydrogen-bond donors (Lipinski definition) is 0. The number of anilines is 1. The van der Waals surface area contributed by atoms with Gasteiger partial charge in [0.2, 0.25) is 0 Å². The van der Waals surface area contributed by atoms with Crippen LogP contribution in [-0.2, 0) is 11.3 Å². The molecular weight excluding hydrogens is 392 g/mol. The van der Waals surface area contributed by atoms with Crippen molar-refractivity contribution in [3.63, 3.8) is 0 Å². The SMILES string of the molecule is CCCn1c(C)cc(/C=C(/C#N)C(=O)N(CC)c2ccc(Br)cn2)c1C. The number of carbonyl (C=O) groups is 1. The Bertz CT molecular complexity index is 859. The fourth-order valence-corrected chi connectivity index (χ4v) is 3.16.